The van der Waals surface area contributed by atoms with Crippen molar-refractivity contribution in [3.8, 4) is 6.07 Å². The van der Waals surface area contributed by atoms with Crippen LogP contribution in [0.25, 0.3) is 10.2 Å². The summed E-state index contributed by atoms with van der Waals surface area (Å²) in [5, 5.41) is 17.6. The minimum atomic E-state index is -2.95. The van der Waals surface area contributed by atoms with Crippen molar-refractivity contribution in [2.45, 2.75) is 63.5 Å². The van der Waals surface area contributed by atoms with E-state index < -0.39 is 24.6 Å². The van der Waals surface area contributed by atoms with Crippen LogP contribution in [0.5, 0.6) is 0 Å². The van der Waals surface area contributed by atoms with Gasteiger partial charge in [0.2, 0.25) is 0 Å². The molecular weight excluding hydrogens is 621 g/mol. The molecule has 1 N–H and O–H groups in total. The summed E-state index contributed by atoms with van der Waals surface area (Å²) >= 11 is 1.55. The predicted molar refractivity (Wildman–Crippen MR) is 193 cm³/mol. The van der Waals surface area contributed by atoms with Crippen LogP contribution in [-0.4, -0.2) is 28.2 Å². The van der Waals surface area contributed by atoms with Crippen LogP contribution in [0.15, 0.2) is 115 Å². The molecule has 1 heterocycles. The van der Waals surface area contributed by atoms with Crippen molar-refractivity contribution >= 4 is 61.5 Å². The molecule has 6 rings (SSSR count). The Morgan fingerprint density at radius 3 is 1.91 bits per heavy atom. The SMILES string of the molecule is CCCCC(NC(=O)OC1(c2nc3ccccc3s2)CCCC1)C(=O)C(C#N)=P(c1ccccc1)(c1ccccc1)c1ccccc1. The average Bonchev–Trinajstić information content (AvgIpc) is 3.78. The molecule has 0 bridgehead atoms. The third kappa shape index (κ3) is 6.41. The molecule has 1 unspecified atom stereocenters. The number of rotatable bonds is 11. The number of nitriles is 1. The van der Waals surface area contributed by atoms with Crippen molar-refractivity contribution in [3.05, 3.63) is 120 Å². The smallest absolute Gasteiger partial charge is 0.408 e. The first-order valence-electron chi connectivity index (χ1n) is 16.2. The highest BCUT2D eigenvalue weighted by molar-refractivity contribution is 7.97. The Morgan fingerprint density at radius 2 is 1.40 bits per heavy atom. The van der Waals surface area contributed by atoms with Crippen molar-refractivity contribution in [3.63, 3.8) is 0 Å². The van der Waals surface area contributed by atoms with Crippen LogP contribution in [0.2, 0.25) is 0 Å². The van der Waals surface area contributed by atoms with Crippen LogP contribution in [-0.2, 0) is 15.1 Å². The van der Waals surface area contributed by atoms with Gasteiger partial charge in [-0.1, -0.05) is 123 Å². The van der Waals surface area contributed by atoms with E-state index in [0.717, 1.165) is 50.4 Å². The van der Waals surface area contributed by atoms with E-state index >= 15 is 0 Å². The number of para-hydroxylation sites is 1. The van der Waals surface area contributed by atoms with Gasteiger partial charge in [-0.2, -0.15) is 5.26 Å². The topological polar surface area (TPSA) is 92.1 Å². The van der Waals surface area contributed by atoms with Crippen LogP contribution in [0.3, 0.4) is 0 Å². The minimum Gasteiger partial charge on any atom is -0.435 e. The molecule has 1 amide bonds. The van der Waals surface area contributed by atoms with Gasteiger partial charge in [-0.3, -0.25) is 4.79 Å². The van der Waals surface area contributed by atoms with Gasteiger partial charge in [0.05, 0.1) is 16.3 Å². The molecule has 8 heteroatoms. The van der Waals surface area contributed by atoms with E-state index in [0.29, 0.717) is 25.7 Å². The first-order valence-corrected chi connectivity index (χ1v) is 18.9. The van der Waals surface area contributed by atoms with E-state index in [2.05, 4.69) is 11.4 Å². The quantitative estimate of drug-likeness (QED) is 0.147. The number of Topliss-reactive ketones (excluding diaryl/α,β-unsaturated/α-hetero) is 1. The van der Waals surface area contributed by atoms with Gasteiger partial charge in [0, 0.05) is 0 Å². The van der Waals surface area contributed by atoms with E-state index in [1.165, 1.54) is 0 Å². The first kappa shape index (κ1) is 32.4. The molecule has 5 aromatic rings. The fraction of sp³-hybridized carbons (Fsp3) is 0.256. The number of aromatic nitrogens is 1. The summed E-state index contributed by atoms with van der Waals surface area (Å²) in [6.07, 6.45) is 4.46. The summed E-state index contributed by atoms with van der Waals surface area (Å²) in [6, 6.07) is 38.9. The molecule has 1 aliphatic rings. The number of ether oxygens (including phenoxy) is 1. The van der Waals surface area contributed by atoms with E-state index in [4.69, 9.17) is 9.72 Å². The number of hydrogen-bond donors (Lipinski definition) is 1. The van der Waals surface area contributed by atoms with E-state index in [9.17, 15) is 14.9 Å². The second kappa shape index (κ2) is 14.5. The molecule has 1 aromatic heterocycles. The molecule has 1 atom stereocenters. The number of alkyl carbamates (subject to hydrolysis) is 1. The number of unbranched alkanes of at least 4 members (excludes halogenated alkanes) is 1. The van der Waals surface area contributed by atoms with Gasteiger partial charge in [-0.05, 0) is 67.0 Å². The number of thiazole rings is 1. The van der Waals surface area contributed by atoms with E-state index in [1.807, 2.05) is 122 Å². The minimum absolute atomic E-state index is 0.157. The van der Waals surface area contributed by atoms with Gasteiger partial charge in [-0.15, -0.1) is 11.3 Å². The van der Waals surface area contributed by atoms with Gasteiger partial charge in [0.15, 0.2) is 11.4 Å². The monoisotopic (exact) mass is 659 g/mol. The maximum absolute atomic E-state index is 14.9. The second-order valence-corrected chi connectivity index (χ2v) is 16.3. The van der Waals surface area contributed by atoms with Gasteiger partial charge in [-0.25, -0.2) is 9.78 Å². The molecular formula is C39H38N3O3PS. The predicted octanol–water partition coefficient (Wildman–Crippen LogP) is 7.61. The van der Waals surface area contributed by atoms with Crippen molar-refractivity contribution in [2.75, 3.05) is 0 Å². The number of carbonyl (C=O) groups is 2. The molecule has 238 valence electrons. The molecule has 4 aromatic carbocycles. The Bertz CT molecular complexity index is 1810. The maximum atomic E-state index is 14.9. The fourth-order valence-corrected chi connectivity index (χ4v) is 12.0. The number of carbonyl (C=O) groups excluding carboxylic acids is 2. The molecule has 1 saturated carbocycles. The van der Waals surface area contributed by atoms with Gasteiger partial charge >= 0.3 is 6.09 Å². The molecule has 1 fully saturated rings. The van der Waals surface area contributed by atoms with Crippen molar-refractivity contribution < 1.29 is 14.3 Å². The standard InChI is InChI=1S/C39H38N3O3PS/c1-2-3-23-33(42-38(44)45-39(26-15-16-27-39)37-41-32-24-13-14-25-35(32)47-37)36(43)34(28-40)46(29-17-7-4-8-18-29,30-19-9-5-10-20-30)31-21-11-6-12-22-31/h4-14,17-22,24-25,33H,2-3,15-16,23,26-27H2,1H3,(H,42,44). The number of fused-ring (bicyclic) bond motifs is 1. The second-order valence-electron chi connectivity index (χ2n) is 11.9. The Morgan fingerprint density at radius 1 is 0.872 bits per heavy atom. The van der Waals surface area contributed by atoms with Gasteiger partial charge in [0.1, 0.15) is 16.4 Å². The van der Waals surface area contributed by atoms with E-state index in [-0.39, 0.29) is 11.1 Å². The summed E-state index contributed by atoms with van der Waals surface area (Å²) in [4.78, 5) is 33.6. The molecule has 0 spiro atoms. The van der Waals surface area contributed by atoms with Crippen LogP contribution in [0.4, 0.5) is 4.79 Å². The highest BCUT2D eigenvalue weighted by Gasteiger charge is 2.43. The average molecular weight is 660 g/mol. The number of benzene rings is 4. The summed E-state index contributed by atoms with van der Waals surface area (Å²) < 4.78 is 7.34. The lowest BCUT2D eigenvalue weighted by Crippen LogP contribution is -2.47. The first-order chi connectivity index (χ1) is 23.0. The number of amides is 1. The highest BCUT2D eigenvalue weighted by atomic mass is 32.1. The maximum Gasteiger partial charge on any atom is 0.408 e. The summed E-state index contributed by atoms with van der Waals surface area (Å²) in [5.41, 5.74) is 0.0399. The van der Waals surface area contributed by atoms with Crippen molar-refractivity contribution in [1.82, 2.24) is 10.3 Å². The van der Waals surface area contributed by atoms with Crippen molar-refractivity contribution in [2.24, 2.45) is 0 Å². The molecule has 1 aliphatic carbocycles. The zero-order valence-corrected chi connectivity index (χ0v) is 28.2. The van der Waals surface area contributed by atoms with Crippen LogP contribution in [0.1, 0.15) is 56.9 Å². The Kier molecular flexibility index (Phi) is 10.0. The zero-order chi connectivity index (χ0) is 32.7. The highest BCUT2D eigenvalue weighted by Crippen LogP contribution is 2.47. The number of ketones is 1. The van der Waals surface area contributed by atoms with Crippen LogP contribution < -0.4 is 21.2 Å². The van der Waals surface area contributed by atoms with Gasteiger partial charge in [0.25, 0.3) is 0 Å². The number of nitrogens with zero attached hydrogens (tertiary/aromatic N) is 2. The summed E-state index contributed by atoms with van der Waals surface area (Å²) in [7, 11) is 0. The molecule has 0 radical (unpaired) electrons. The molecule has 6 nitrogen and oxygen atoms in total. The Balaban J connectivity index is 1.44. The summed E-state index contributed by atoms with van der Waals surface area (Å²) in [6.45, 7) is -0.904. The lowest BCUT2D eigenvalue weighted by Gasteiger charge is -2.32. The lowest BCUT2D eigenvalue weighted by molar-refractivity contribution is -0.114. The molecule has 0 aliphatic heterocycles. The van der Waals surface area contributed by atoms with Gasteiger partial charge < -0.3 is 10.1 Å². The lowest BCUT2D eigenvalue weighted by atomic mass is 10.0. The summed E-state index contributed by atoms with van der Waals surface area (Å²) in [5.74, 6) is -0.372. The molecule has 47 heavy (non-hydrogen) atoms. The normalized spacial score (nSPS) is 14.6. The van der Waals surface area contributed by atoms with E-state index in [1.54, 1.807) is 11.3 Å². The number of nitrogens with one attached hydrogen (secondary N) is 1. The number of hydrogen-bond acceptors (Lipinski definition) is 6. The zero-order valence-electron chi connectivity index (χ0n) is 26.5. The third-order valence-corrected chi connectivity index (χ3v) is 14.4. The third-order valence-electron chi connectivity index (χ3n) is 8.94. The largest absolute Gasteiger partial charge is 0.435 e. The van der Waals surface area contributed by atoms with Crippen LogP contribution >= 0.6 is 18.2 Å². The van der Waals surface area contributed by atoms with Crippen LogP contribution in [0, 0.1) is 11.3 Å². The van der Waals surface area contributed by atoms with Crippen molar-refractivity contribution in [1.29, 1.82) is 5.26 Å². The Labute approximate surface area is 280 Å². The Hall–Kier alpha value is -4.50. The fourth-order valence-electron chi connectivity index (χ4n) is 6.65. The molecule has 0 saturated heterocycles.